The SMILES string of the molecule is COc1cc(Nc2ncc3c(n2)N(C2CCC(F)(F)C2)CC2(CC2)C(=O)N3C)ccc1C(=O)NC1CC1. The van der Waals surface area contributed by atoms with E-state index in [2.05, 4.69) is 15.6 Å². The number of methoxy groups -OCH3 is 1. The molecule has 1 atom stereocenters. The number of nitrogens with one attached hydrogen (secondary N) is 2. The number of rotatable bonds is 6. The fraction of sp³-hybridized carbons (Fsp3) is 0.538. The number of nitrogens with zero attached hydrogens (tertiary/aromatic N) is 4. The molecule has 2 amide bonds. The highest BCUT2D eigenvalue weighted by molar-refractivity contribution is 6.03. The molecule has 11 heteroatoms. The Hall–Kier alpha value is -3.50. The van der Waals surface area contributed by atoms with Gasteiger partial charge in [0.25, 0.3) is 5.91 Å². The van der Waals surface area contributed by atoms with E-state index < -0.39 is 17.4 Å². The third-order valence-electron chi connectivity index (χ3n) is 7.90. The fourth-order valence-electron chi connectivity index (χ4n) is 5.40. The first-order chi connectivity index (χ1) is 17.7. The molecule has 1 aliphatic heterocycles. The van der Waals surface area contributed by atoms with Gasteiger partial charge in [-0.2, -0.15) is 4.98 Å². The summed E-state index contributed by atoms with van der Waals surface area (Å²) in [5.41, 5.74) is 1.01. The van der Waals surface area contributed by atoms with Gasteiger partial charge in [0, 0.05) is 50.3 Å². The molecule has 0 radical (unpaired) electrons. The Morgan fingerprint density at radius 1 is 1.19 bits per heavy atom. The summed E-state index contributed by atoms with van der Waals surface area (Å²) >= 11 is 0. The van der Waals surface area contributed by atoms with Crippen LogP contribution in [0.4, 0.5) is 31.9 Å². The van der Waals surface area contributed by atoms with Crippen molar-refractivity contribution in [2.45, 2.75) is 63.0 Å². The van der Waals surface area contributed by atoms with Crippen LogP contribution in [-0.2, 0) is 4.79 Å². The number of halogens is 2. The van der Waals surface area contributed by atoms with Crippen molar-refractivity contribution in [3.63, 3.8) is 0 Å². The topological polar surface area (TPSA) is 99.7 Å². The summed E-state index contributed by atoms with van der Waals surface area (Å²) in [4.78, 5) is 38.4. The number of hydrogen-bond donors (Lipinski definition) is 2. The maximum Gasteiger partial charge on any atom is 0.255 e. The monoisotopic (exact) mass is 512 g/mol. The van der Waals surface area contributed by atoms with Gasteiger partial charge in [-0.3, -0.25) is 9.59 Å². The van der Waals surface area contributed by atoms with Crippen molar-refractivity contribution in [2.24, 2.45) is 5.41 Å². The largest absolute Gasteiger partial charge is 0.496 e. The quantitative estimate of drug-likeness (QED) is 0.606. The minimum atomic E-state index is -2.72. The summed E-state index contributed by atoms with van der Waals surface area (Å²) in [5, 5.41) is 6.10. The van der Waals surface area contributed by atoms with Gasteiger partial charge in [0.2, 0.25) is 17.8 Å². The van der Waals surface area contributed by atoms with Crippen molar-refractivity contribution in [1.82, 2.24) is 15.3 Å². The number of benzene rings is 1. The summed E-state index contributed by atoms with van der Waals surface area (Å²) in [5.74, 6) is -1.77. The normalized spacial score (nSPS) is 23.5. The van der Waals surface area contributed by atoms with Gasteiger partial charge in [0.15, 0.2) is 5.82 Å². The number of aromatic nitrogens is 2. The van der Waals surface area contributed by atoms with Gasteiger partial charge in [0.1, 0.15) is 11.4 Å². The maximum atomic E-state index is 14.2. The van der Waals surface area contributed by atoms with E-state index in [1.807, 2.05) is 4.90 Å². The van der Waals surface area contributed by atoms with Crippen molar-refractivity contribution in [3.8, 4) is 5.75 Å². The van der Waals surface area contributed by atoms with Gasteiger partial charge in [-0.05, 0) is 44.2 Å². The van der Waals surface area contributed by atoms with Crippen molar-refractivity contribution >= 4 is 35.0 Å². The smallest absolute Gasteiger partial charge is 0.255 e. The summed E-state index contributed by atoms with van der Waals surface area (Å²) in [7, 11) is 3.20. The standard InChI is InChI=1S/C26H30F2N6O3/c1-33-19-13-29-24(31-16-5-6-18(20(11-16)37-2)22(35)30-15-3-4-15)32-21(19)34(14-25(9-10-25)23(33)36)17-7-8-26(27,28)12-17/h5-6,11,13,15,17H,3-4,7-10,12,14H2,1-2H3,(H,30,35)(H,29,31,32). The molecule has 3 aliphatic carbocycles. The molecule has 6 rings (SSSR count). The highest BCUT2D eigenvalue weighted by Gasteiger charge is 2.56. The Balaban J connectivity index is 1.31. The summed E-state index contributed by atoms with van der Waals surface area (Å²) in [6, 6.07) is 4.94. The molecule has 4 aliphatic rings. The van der Waals surface area contributed by atoms with Crippen LogP contribution in [0.2, 0.25) is 0 Å². The second-order valence-corrected chi connectivity index (χ2v) is 10.7. The van der Waals surface area contributed by atoms with E-state index in [4.69, 9.17) is 9.72 Å². The average Bonchev–Trinajstić information content (AvgIpc) is 3.81. The molecule has 2 aromatic rings. The molecule has 9 nitrogen and oxygen atoms in total. The lowest BCUT2D eigenvalue weighted by molar-refractivity contribution is -0.122. The minimum Gasteiger partial charge on any atom is -0.496 e. The number of alkyl halides is 2. The molecule has 37 heavy (non-hydrogen) atoms. The Bertz CT molecular complexity index is 1260. The first kappa shape index (κ1) is 23.9. The number of fused-ring (bicyclic) bond motifs is 1. The van der Waals surface area contributed by atoms with Crippen LogP contribution >= 0.6 is 0 Å². The Morgan fingerprint density at radius 2 is 1.97 bits per heavy atom. The van der Waals surface area contributed by atoms with Crippen LogP contribution in [0, 0.1) is 5.41 Å². The molecule has 2 heterocycles. The van der Waals surface area contributed by atoms with Crippen molar-refractivity contribution in [1.29, 1.82) is 0 Å². The van der Waals surface area contributed by atoms with E-state index in [-0.39, 0.29) is 36.6 Å². The van der Waals surface area contributed by atoms with Crippen LogP contribution in [0.3, 0.4) is 0 Å². The molecular weight excluding hydrogens is 482 g/mol. The van der Waals surface area contributed by atoms with Crippen LogP contribution < -0.4 is 25.2 Å². The van der Waals surface area contributed by atoms with Gasteiger partial charge >= 0.3 is 0 Å². The molecular formula is C26H30F2N6O3. The molecule has 1 spiro atoms. The zero-order chi connectivity index (χ0) is 25.9. The zero-order valence-corrected chi connectivity index (χ0v) is 20.9. The predicted octanol–water partition coefficient (Wildman–Crippen LogP) is 3.87. The van der Waals surface area contributed by atoms with Gasteiger partial charge < -0.3 is 25.2 Å². The van der Waals surface area contributed by atoms with Crippen LogP contribution in [0.15, 0.2) is 24.4 Å². The zero-order valence-electron chi connectivity index (χ0n) is 20.9. The molecule has 3 saturated carbocycles. The minimum absolute atomic E-state index is 0.0184. The van der Waals surface area contributed by atoms with E-state index in [1.165, 1.54) is 7.11 Å². The summed E-state index contributed by atoms with van der Waals surface area (Å²) < 4.78 is 33.8. The first-order valence-electron chi connectivity index (χ1n) is 12.7. The molecule has 1 aromatic carbocycles. The molecule has 1 unspecified atom stereocenters. The summed E-state index contributed by atoms with van der Waals surface area (Å²) in [6.45, 7) is 0.374. The van der Waals surface area contributed by atoms with Crippen molar-refractivity contribution in [2.75, 3.05) is 35.8 Å². The number of carbonyl (C=O) groups is 2. The number of ether oxygens (including phenoxy) is 1. The van der Waals surface area contributed by atoms with Crippen LogP contribution in [0.25, 0.3) is 0 Å². The fourth-order valence-corrected chi connectivity index (χ4v) is 5.40. The second kappa shape index (κ2) is 8.53. The van der Waals surface area contributed by atoms with Gasteiger partial charge in [0.05, 0.1) is 24.3 Å². The lowest BCUT2D eigenvalue weighted by Gasteiger charge is -2.31. The third kappa shape index (κ3) is 4.44. The number of carbonyl (C=O) groups excluding carboxylic acids is 2. The van der Waals surface area contributed by atoms with E-state index in [9.17, 15) is 18.4 Å². The lowest BCUT2D eigenvalue weighted by atomic mass is 10.0. The summed E-state index contributed by atoms with van der Waals surface area (Å²) in [6.07, 6.45) is 4.94. The molecule has 1 aromatic heterocycles. The highest BCUT2D eigenvalue weighted by atomic mass is 19.3. The van der Waals surface area contributed by atoms with E-state index in [0.717, 1.165) is 25.7 Å². The molecule has 2 N–H and O–H groups in total. The number of amides is 2. The van der Waals surface area contributed by atoms with Gasteiger partial charge in [-0.25, -0.2) is 13.8 Å². The van der Waals surface area contributed by atoms with Gasteiger partial charge in [-0.15, -0.1) is 0 Å². The number of hydrogen-bond acceptors (Lipinski definition) is 7. The van der Waals surface area contributed by atoms with Crippen molar-refractivity contribution < 1.29 is 23.1 Å². The maximum absolute atomic E-state index is 14.2. The first-order valence-corrected chi connectivity index (χ1v) is 12.7. The van der Waals surface area contributed by atoms with Crippen molar-refractivity contribution in [3.05, 3.63) is 30.0 Å². The predicted molar refractivity (Wildman–Crippen MR) is 134 cm³/mol. The molecule has 0 bridgehead atoms. The Kier molecular flexibility index (Phi) is 5.50. The average molecular weight is 513 g/mol. The van der Waals surface area contributed by atoms with Crippen LogP contribution in [-0.4, -0.2) is 60.5 Å². The Morgan fingerprint density at radius 3 is 2.62 bits per heavy atom. The van der Waals surface area contributed by atoms with E-state index in [1.54, 1.807) is 36.3 Å². The van der Waals surface area contributed by atoms with Crippen LogP contribution in [0.5, 0.6) is 5.75 Å². The second-order valence-electron chi connectivity index (χ2n) is 10.7. The van der Waals surface area contributed by atoms with Crippen LogP contribution in [0.1, 0.15) is 55.3 Å². The molecule has 3 fully saturated rings. The van der Waals surface area contributed by atoms with E-state index >= 15 is 0 Å². The lowest BCUT2D eigenvalue weighted by Crippen LogP contribution is -2.41. The highest BCUT2D eigenvalue weighted by Crippen LogP contribution is 2.53. The molecule has 0 saturated heterocycles. The third-order valence-corrected chi connectivity index (χ3v) is 7.90. The Labute approximate surface area is 213 Å². The molecule has 196 valence electrons. The number of anilines is 4. The van der Waals surface area contributed by atoms with Gasteiger partial charge in [-0.1, -0.05) is 0 Å². The van der Waals surface area contributed by atoms with E-state index in [0.29, 0.717) is 41.5 Å².